The normalized spacial score (nSPS) is 25.0. The molecule has 0 amide bonds. The van der Waals surface area contributed by atoms with Crippen molar-refractivity contribution in [3.05, 3.63) is 58.7 Å². The molecule has 1 aromatic rings. The summed E-state index contributed by atoms with van der Waals surface area (Å²) < 4.78 is 0. The van der Waals surface area contributed by atoms with E-state index in [1.165, 1.54) is 0 Å². The first-order valence-electron chi connectivity index (χ1n) is 12.0. The Hall–Kier alpha value is 0.327. The van der Waals surface area contributed by atoms with Gasteiger partial charge in [-0.3, -0.25) is 0 Å². The maximum Gasteiger partial charge on any atom is 4.00 e. The van der Waals surface area contributed by atoms with E-state index in [0.717, 1.165) is 17.4 Å². The van der Waals surface area contributed by atoms with Gasteiger partial charge in [0.15, 0.2) is 0 Å². The van der Waals surface area contributed by atoms with E-state index in [1.54, 1.807) is 5.92 Å². The molecule has 32 heavy (non-hydrogen) atoms. The summed E-state index contributed by atoms with van der Waals surface area (Å²) in [5.41, 5.74) is 2.60. The van der Waals surface area contributed by atoms with Gasteiger partial charge in [-0.2, -0.15) is 42.6 Å². The first-order valence-corrected chi connectivity index (χ1v) is 18.0. The predicted molar refractivity (Wildman–Crippen MR) is 147 cm³/mol. The van der Waals surface area contributed by atoms with Crippen molar-refractivity contribution in [3.63, 3.8) is 0 Å². The van der Waals surface area contributed by atoms with Gasteiger partial charge in [-0.05, 0) is 0 Å². The summed E-state index contributed by atoms with van der Waals surface area (Å²) in [5.74, 6) is 3.18. The van der Waals surface area contributed by atoms with Crippen molar-refractivity contribution in [1.29, 1.82) is 0 Å². The van der Waals surface area contributed by atoms with Crippen LogP contribution in [0.5, 0.6) is 0 Å². The van der Waals surface area contributed by atoms with E-state index in [2.05, 4.69) is 95.4 Å². The molecular weight excluding hydrogens is 500 g/mol. The van der Waals surface area contributed by atoms with E-state index >= 15 is 0 Å². The van der Waals surface area contributed by atoms with E-state index in [4.69, 9.17) is 9.96 Å². The maximum absolute atomic E-state index is 5.35. The number of nitrogens with zero attached hydrogens (tertiary/aromatic N) is 2. The minimum absolute atomic E-state index is 0. The molecule has 1 aliphatic carbocycles. The van der Waals surface area contributed by atoms with Crippen LogP contribution < -0.4 is 0 Å². The molecule has 0 aromatic heterocycles. The Kier molecular flexibility index (Phi) is 12.0. The topological polar surface area (TPSA) is 28.2 Å². The minimum Gasteiger partial charge on any atom is -0.661 e. The Bertz CT molecular complexity index is 637. The van der Waals surface area contributed by atoms with Crippen molar-refractivity contribution in [3.8, 4) is 0 Å². The molecule has 0 aliphatic heterocycles. The largest absolute Gasteiger partial charge is 4.00 e. The molecule has 1 fully saturated rings. The summed E-state index contributed by atoms with van der Waals surface area (Å²) >= 11 is 0. The molecule has 0 radical (unpaired) electrons. The second-order valence-electron chi connectivity index (χ2n) is 12.8. The number of hydrogen-bond acceptors (Lipinski definition) is 0. The molecule has 4 atom stereocenters. The van der Waals surface area contributed by atoms with Gasteiger partial charge < -0.3 is 15.9 Å². The minimum atomic E-state index is -1.68. The van der Waals surface area contributed by atoms with Gasteiger partial charge in [-0.25, -0.2) is 0 Å². The van der Waals surface area contributed by atoms with Crippen LogP contribution in [0, 0.1) is 24.7 Å². The SMILES string of the molecule is C[C-]1C([Si](C)(C)[N-]C(C)(C)C)C(C)C(C)C1[Si](C)(C)[N-]C(C)(C)C.[CH2-]c1ccccc1.[Zr+4]. The van der Waals surface area contributed by atoms with Crippen LogP contribution >= 0.6 is 0 Å². The Morgan fingerprint density at radius 2 is 1.06 bits per heavy atom. The molecule has 2 rings (SSSR count). The van der Waals surface area contributed by atoms with Gasteiger partial charge in [-0.1, -0.05) is 116 Å². The molecule has 0 bridgehead atoms. The van der Waals surface area contributed by atoms with Crippen LogP contribution in [0.3, 0.4) is 0 Å². The molecule has 0 spiro atoms. The van der Waals surface area contributed by atoms with Crippen molar-refractivity contribution >= 4 is 16.5 Å². The molecule has 0 saturated heterocycles. The molecule has 1 saturated carbocycles. The second-order valence-corrected chi connectivity index (χ2v) is 21.1. The third-order valence-corrected chi connectivity index (χ3v) is 14.0. The Labute approximate surface area is 222 Å². The summed E-state index contributed by atoms with van der Waals surface area (Å²) in [4.78, 5) is 10.7. The fraction of sp³-hybridized carbons (Fsp3) is 0.704. The zero-order valence-corrected chi connectivity index (χ0v) is 27.8. The van der Waals surface area contributed by atoms with Gasteiger partial charge >= 0.3 is 26.2 Å². The summed E-state index contributed by atoms with van der Waals surface area (Å²) in [5, 5.41) is 0. The number of hydrogen-bond donors (Lipinski definition) is 0. The molecule has 4 unspecified atom stereocenters. The van der Waals surface area contributed by atoms with Crippen LogP contribution in [0.25, 0.3) is 9.96 Å². The van der Waals surface area contributed by atoms with Gasteiger partial charge in [0.05, 0.1) is 0 Å². The van der Waals surface area contributed by atoms with Crippen LogP contribution in [0.2, 0.25) is 37.3 Å². The van der Waals surface area contributed by atoms with E-state index < -0.39 is 16.5 Å². The summed E-state index contributed by atoms with van der Waals surface area (Å²) in [7, 11) is -3.37. The van der Waals surface area contributed by atoms with Gasteiger partial charge in [0.25, 0.3) is 0 Å². The average Bonchev–Trinajstić information content (AvgIpc) is 2.74. The summed E-state index contributed by atoms with van der Waals surface area (Å²) in [6, 6.07) is 9.87. The first kappa shape index (κ1) is 32.3. The van der Waals surface area contributed by atoms with Crippen molar-refractivity contribution in [2.45, 2.75) is 111 Å². The van der Waals surface area contributed by atoms with Crippen LogP contribution in [-0.4, -0.2) is 27.5 Å². The Morgan fingerprint density at radius 1 is 0.750 bits per heavy atom. The van der Waals surface area contributed by atoms with Crippen molar-refractivity contribution in [2.75, 3.05) is 0 Å². The second kappa shape index (κ2) is 11.8. The molecule has 5 heteroatoms. The zero-order chi connectivity index (χ0) is 24.4. The van der Waals surface area contributed by atoms with E-state index in [1.807, 2.05) is 30.3 Å². The van der Waals surface area contributed by atoms with Crippen molar-refractivity contribution < 1.29 is 26.2 Å². The van der Waals surface area contributed by atoms with Gasteiger partial charge in [0.2, 0.25) is 0 Å². The molecule has 1 aromatic carbocycles. The number of benzene rings is 1. The number of rotatable bonds is 4. The van der Waals surface area contributed by atoms with Crippen LogP contribution in [0.4, 0.5) is 0 Å². The summed E-state index contributed by atoms with van der Waals surface area (Å²) in [6.45, 7) is 34.6. The van der Waals surface area contributed by atoms with E-state index in [-0.39, 0.29) is 37.3 Å². The molecule has 1 aliphatic rings. The summed E-state index contributed by atoms with van der Waals surface area (Å²) in [6.07, 6.45) is 0. The smallest absolute Gasteiger partial charge is 0.661 e. The van der Waals surface area contributed by atoms with Crippen LogP contribution in [-0.2, 0) is 26.2 Å². The molecular formula is C27H50N2Si2Zr. The fourth-order valence-electron chi connectivity index (χ4n) is 6.38. The Balaban J connectivity index is 0.00000102. The van der Waals surface area contributed by atoms with Crippen molar-refractivity contribution in [1.82, 2.24) is 0 Å². The zero-order valence-electron chi connectivity index (χ0n) is 23.3. The fourth-order valence-corrected chi connectivity index (χ4v) is 16.0. The molecule has 0 heterocycles. The predicted octanol–water partition coefficient (Wildman–Crippen LogP) is 9.23. The quantitative estimate of drug-likeness (QED) is 0.264. The molecule has 180 valence electrons. The van der Waals surface area contributed by atoms with Gasteiger partial charge in [-0.15, -0.1) is 23.2 Å². The third-order valence-electron chi connectivity index (χ3n) is 6.47. The standard InChI is InChI=1S/C20H43N2Si2.C7H7.Zr/c1-14-15(2)18(24(12,13)22-20(7,8)9)16(3)17(14)23(10,11)21-19(4,5)6;1-7-5-3-2-4-6-7;/h14-15,17-18H,1-13H3;2-6H,1H2;/q-3;-1;+4. The monoisotopic (exact) mass is 548 g/mol. The Morgan fingerprint density at radius 3 is 1.28 bits per heavy atom. The van der Waals surface area contributed by atoms with E-state index in [9.17, 15) is 0 Å². The van der Waals surface area contributed by atoms with Gasteiger partial charge in [0.1, 0.15) is 0 Å². The molecule has 0 N–H and O–H groups in total. The van der Waals surface area contributed by atoms with Crippen molar-refractivity contribution in [2.24, 2.45) is 11.8 Å². The van der Waals surface area contributed by atoms with Gasteiger partial charge in [0, 0.05) is 0 Å². The third kappa shape index (κ3) is 9.53. The van der Waals surface area contributed by atoms with Crippen LogP contribution in [0.15, 0.2) is 30.3 Å². The van der Waals surface area contributed by atoms with E-state index in [0.29, 0.717) is 11.1 Å². The first-order chi connectivity index (χ1) is 13.8. The molecule has 2 nitrogen and oxygen atoms in total. The average molecular weight is 550 g/mol. The maximum atomic E-state index is 5.35. The van der Waals surface area contributed by atoms with Crippen LogP contribution in [0.1, 0.15) is 67.9 Å².